The van der Waals surface area contributed by atoms with Crippen LogP contribution in [0.5, 0.6) is 23.0 Å². The molecule has 9 heteroatoms. The summed E-state index contributed by atoms with van der Waals surface area (Å²) in [6, 6.07) is 43.0. The van der Waals surface area contributed by atoms with Crippen LogP contribution in [0.25, 0.3) is 0 Å². The summed E-state index contributed by atoms with van der Waals surface area (Å²) in [5, 5.41) is 5.58. The van der Waals surface area contributed by atoms with Crippen LogP contribution in [0.3, 0.4) is 0 Å². The van der Waals surface area contributed by atoms with Crippen molar-refractivity contribution in [3.05, 3.63) is 121 Å². The van der Waals surface area contributed by atoms with E-state index in [2.05, 4.69) is 85.9 Å². The molecule has 0 unspecified atom stereocenters. The molecule has 292 valence electrons. The highest BCUT2D eigenvalue weighted by atomic mass is 31.2. The van der Waals surface area contributed by atoms with Crippen LogP contribution in [-0.4, -0.2) is 36.5 Å². The van der Waals surface area contributed by atoms with Gasteiger partial charge in [-0.1, -0.05) is 88.7 Å². The van der Waals surface area contributed by atoms with Crippen LogP contribution in [0, 0.1) is 5.82 Å². The van der Waals surface area contributed by atoms with Gasteiger partial charge in [0.15, 0.2) is 0 Å². The predicted octanol–water partition coefficient (Wildman–Crippen LogP) is 10.8. The maximum absolute atomic E-state index is 17.8. The molecule has 0 bridgehead atoms. The zero-order valence-electron chi connectivity index (χ0n) is 33.7. The fourth-order valence-corrected chi connectivity index (χ4v) is 18.8. The average molecular weight is 798 g/mol. The highest BCUT2D eigenvalue weighted by molar-refractivity contribution is 7.90. The van der Waals surface area contributed by atoms with E-state index in [1.807, 2.05) is 54.6 Å². The van der Waals surface area contributed by atoms with Crippen LogP contribution in [0.1, 0.15) is 59.3 Å². The minimum atomic E-state index is -1.98. The predicted molar refractivity (Wildman–Crippen MR) is 238 cm³/mol. The van der Waals surface area contributed by atoms with Gasteiger partial charge in [-0.05, 0) is 109 Å². The first-order valence-corrected chi connectivity index (χ1v) is 24.8. The Bertz CT molecular complexity index is 1680. The fourth-order valence-electron chi connectivity index (χ4n) is 7.29. The smallest absolute Gasteiger partial charge is 0.146 e. The molecule has 0 aliphatic carbocycles. The van der Waals surface area contributed by atoms with Gasteiger partial charge in [-0.15, -0.1) is 0 Å². The molecular formula is C46H58FNO4P2Si. The first-order valence-electron chi connectivity index (χ1n) is 19.6. The van der Waals surface area contributed by atoms with Crippen LogP contribution >= 0.6 is 16.1 Å². The zero-order valence-corrected chi connectivity index (χ0v) is 36.5. The summed E-state index contributed by atoms with van der Waals surface area (Å²) >= 11 is 0. The van der Waals surface area contributed by atoms with Crippen molar-refractivity contribution in [1.82, 2.24) is 0 Å². The fraction of sp³-hybridized carbons (Fsp3) is 0.348. The lowest BCUT2D eigenvalue weighted by Gasteiger charge is -2.41. The summed E-state index contributed by atoms with van der Waals surface area (Å²) in [7, 11) is 2.04. The second kappa shape index (κ2) is 20.9. The SMILES string of the molecule is CCCC[Si](CCCC)(CCCC)c1ccc(N(P(c2ccc(OC)cc2)c2ccc(OC)cc2)P(c2ccc(OC)cc2)c2ccc(OC)cc2)c(F)c1. The molecular weight excluding hydrogens is 740 g/mol. The van der Waals surface area contributed by atoms with Crippen LogP contribution in [0.15, 0.2) is 115 Å². The van der Waals surface area contributed by atoms with E-state index in [0.29, 0.717) is 5.69 Å². The van der Waals surface area contributed by atoms with Crippen molar-refractivity contribution in [3.63, 3.8) is 0 Å². The topological polar surface area (TPSA) is 40.2 Å². The Balaban J connectivity index is 1.83. The molecule has 55 heavy (non-hydrogen) atoms. The molecule has 0 N–H and O–H groups in total. The molecule has 0 amide bonds. The lowest BCUT2D eigenvalue weighted by Crippen LogP contribution is -2.47. The summed E-state index contributed by atoms with van der Waals surface area (Å²) in [4.78, 5) is 0. The molecule has 0 radical (unpaired) electrons. The summed E-state index contributed by atoms with van der Waals surface area (Å²) in [6.07, 6.45) is 7.04. The van der Waals surface area contributed by atoms with Crippen LogP contribution in [0.4, 0.5) is 10.1 Å². The number of unbranched alkanes of at least 4 members (excludes halogenated alkanes) is 3. The van der Waals surface area contributed by atoms with Gasteiger partial charge in [0.2, 0.25) is 0 Å². The van der Waals surface area contributed by atoms with Crippen LogP contribution < -0.4 is 49.8 Å². The number of benzene rings is 5. The average Bonchev–Trinajstić information content (AvgIpc) is 3.24. The first-order chi connectivity index (χ1) is 26.8. The maximum atomic E-state index is 17.8. The number of hydrogen-bond acceptors (Lipinski definition) is 5. The third-order valence-corrected chi connectivity index (χ3v) is 21.3. The summed E-state index contributed by atoms with van der Waals surface area (Å²) in [5.41, 5.74) is 0.601. The normalized spacial score (nSPS) is 11.5. The summed E-state index contributed by atoms with van der Waals surface area (Å²) in [6.45, 7) is 6.84. The van der Waals surface area contributed by atoms with Gasteiger partial charge in [0.05, 0.1) is 58.3 Å². The molecule has 0 heterocycles. The minimum Gasteiger partial charge on any atom is -0.497 e. The van der Waals surface area contributed by atoms with E-state index in [1.165, 1.54) is 42.6 Å². The molecule has 5 rings (SSSR count). The van der Waals surface area contributed by atoms with E-state index < -0.39 is 24.2 Å². The van der Waals surface area contributed by atoms with Gasteiger partial charge in [-0.25, -0.2) is 4.39 Å². The second-order valence-corrected chi connectivity index (χ2v) is 23.0. The molecule has 0 saturated carbocycles. The van der Waals surface area contributed by atoms with Gasteiger partial charge in [0, 0.05) is 21.2 Å². The number of hydrogen-bond donors (Lipinski definition) is 0. The summed E-state index contributed by atoms with van der Waals surface area (Å²) in [5.74, 6) is 2.93. The van der Waals surface area contributed by atoms with Crippen molar-refractivity contribution >= 4 is 56.3 Å². The second-order valence-electron chi connectivity index (χ2n) is 14.0. The lowest BCUT2D eigenvalue weighted by molar-refractivity contribution is 0.415. The van der Waals surface area contributed by atoms with Crippen molar-refractivity contribution in [2.45, 2.75) is 77.4 Å². The quantitative estimate of drug-likeness (QED) is 0.0546. The highest BCUT2D eigenvalue weighted by Gasteiger charge is 2.37. The monoisotopic (exact) mass is 797 g/mol. The molecule has 5 nitrogen and oxygen atoms in total. The Morgan fingerprint density at radius 1 is 0.473 bits per heavy atom. The van der Waals surface area contributed by atoms with Gasteiger partial charge in [0.25, 0.3) is 0 Å². The number of ether oxygens (including phenoxy) is 4. The van der Waals surface area contributed by atoms with Gasteiger partial charge >= 0.3 is 0 Å². The Hall–Kier alpha value is -3.89. The summed E-state index contributed by atoms with van der Waals surface area (Å²) < 4.78 is 42.6. The van der Waals surface area contributed by atoms with Crippen molar-refractivity contribution in [2.75, 3.05) is 32.9 Å². The van der Waals surface area contributed by atoms with Gasteiger partial charge in [0.1, 0.15) is 28.8 Å². The number of rotatable bonds is 21. The van der Waals surface area contributed by atoms with Crippen molar-refractivity contribution in [3.8, 4) is 23.0 Å². The van der Waals surface area contributed by atoms with Crippen molar-refractivity contribution < 1.29 is 23.3 Å². The molecule has 0 aliphatic rings. The third-order valence-electron chi connectivity index (χ3n) is 10.4. The molecule has 5 aromatic carbocycles. The van der Waals surface area contributed by atoms with E-state index in [1.54, 1.807) is 28.4 Å². The molecule has 0 atom stereocenters. The third kappa shape index (κ3) is 10.3. The Morgan fingerprint density at radius 2 is 0.782 bits per heavy atom. The Morgan fingerprint density at radius 3 is 1.04 bits per heavy atom. The molecule has 5 aromatic rings. The van der Waals surface area contributed by atoms with E-state index in [0.717, 1.165) is 63.5 Å². The molecule has 0 aromatic heterocycles. The molecule has 0 aliphatic heterocycles. The van der Waals surface area contributed by atoms with E-state index >= 15 is 4.39 Å². The number of halogens is 1. The van der Waals surface area contributed by atoms with Gasteiger partial charge in [-0.2, -0.15) is 0 Å². The Kier molecular flexibility index (Phi) is 16.0. The number of methoxy groups -OCH3 is 4. The van der Waals surface area contributed by atoms with E-state index in [9.17, 15) is 0 Å². The lowest BCUT2D eigenvalue weighted by atomic mass is 10.3. The highest BCUT2D eigenvalue weighted by Crippen LogP contribution is 2.58. The minimum absolute atomic E-state index is 0.164. The van der Waals surface area contributed by atoms with Crippen molar-refractivity contribution in [2.24, 2.45) is 0 Å². The first kappa shape index (κ1) is 42.3. The maximum Gasteiger partial charge on any atom is 0.146 e. The van der Waals surface area contributed by atoms with Crippen LogP contribution in [0.2, 0.25) is 18.1 Å². The van der Waals surface area contributed by atoms with E-state index in [4.69, 9.17) is 18.9 Å². The zero-order chi connectivity index (χ0) is 39.2. The number of nitrogens with zero attached hydrogens (tertiary/aromatic N) is 1. The van der Waals surface area contributed by atoms with Crippen molar-refractivity contribution in [1.29, 1.82) is 0 Å². The van der Waals surface area contributed by atoms with Crippen LogP contribution in [-0.2, 0) is 0 Å². The Labute approximate surface area is 332 Å². The molecule has 0 spiro atoms. The standard InChI is InChI=1S/C46H58FNO4P2Si/c1-8-11-32-55(33-12-9-2,34-13-10-3)44-30-31-46(45(47)35-44)48(53(40-22-14-36(49-4)15-23-40)41-24-16-37(50-5)17-25-41)54(42-26-18-38(51-6)19-27-42)43-28-20-39(52-7)21-29-43/h14-31,35H,8-13,32-34H2,1-7H3. The van der Waals surface area contributed by atoms with Gasteiger partial charge in [-0.3, -0.25) is 0 Å². The number of anilines is 1. The van der Waals surface area contributed by atoms with E-state index in [-0.39, 0.29) is 5.82 Å². The van der Waals surface area contributed by atoms with Gasteiger partial charge < -0.3 is 23.4 Å². The largest absolute Gasteiger partial charge is 0.497 e. The molecule has 0 fully saturated rings. The molecule has 0 saturated heterocycles.